The minimum Gasteiger partial charge on any atom is -0.280 e. The van der Waals surface area contributed by atoms with Gasteiger partial charge in [0.25, 0.3) is 0 Å². The van der Waals surface area contributed by atoms with E-state index in [2.05, 4.69) is 208 Å². The van der Waals surface area contributed by atoms with E-state index < -0.39 is 0 Å². The maximum atomic E-state index is 5.79. The summed E-state index contributed by atoms with van der Waals surface area (Å²) < 4.78 is 0. The highest BCUT2D eigenvalue weighted by molar-refractivity contribution is 6.11. The van der Waals surface area contributed by atoms with Crippen LogP contribution in [-0.2, 0) is 0 Å². The number of benzene rings is 5. The van der Waals surface area contributed by atoms with Crippen molar-refractivity contribution in [2.24, 2.45) is 22.2 Å². The Morgan fingerprint density at radius 3 is 1.76 bits per heavy atom. The van der Waals surface area contributed by atoms with Crippen LogP contribution < -0.4 is 0 Å². The molecule has 1 fully saturated rings. The fourth-order valence-corrected chi connectivity index (χ4v) is 9.25. The van der Waals surface area contributed by atoms with Crippen molar-refractivity contribution in [1.82, 2.24) is 9.97 Å². The summed E-state index contributed by atoms with van der Waals surface area (Å²) in [4.78, 5) is 16.1. The minimum atomic E-state index is -0.213. The molecule has 2 aliphatic carbocycles. The first kappa shape index (κ1) is 38.7. The summed E-state index contributed by atoms with van der Waals surface area (Å²) in [7, 11) is 0. The first-order valence-corrected chi connectivity index (χ1v) is 21.5. The second kappa shape index (κ2) is 16.5. The molecule has 10 rings (SSSR count). The lowest BCUT2D eigenvalue weighted by atomic mass is 9.78. The van der Waals surface area contributed by atoms with Crippen molar-refractivity contribution in [2.45, 2.75) is 19.4 Å². The molecule has 1 saturated carbocycles. The van der Waals surface area contributed by atoms with E-state index in [1.807, 2.05) is 18.2 Å². The quantitative estimate of drug-likeness (QED) is 0.122. The number of allylic oxidation sites excluding steroid dienone is 9. The number of dihydropyridines is 1. The Morgan fingerprint density at radius 1 is 0.597 bits per heavy atom. The summed E-state index contributed by atoms with van der Waals surface area (Å²) in [5.41, 5.74) is 17.2. The van der Waals surface area contributed by atoms with Crippen LogP contribution in [-0.4, -0.2) is 15.7 Å². The van der Waals surface area contributed by atoms with Crippen molar-refractivity contribution in [3.05, 3.63) is 248 Å². The molecule has 3 heteroatoms. The lowest BCUT2D eigenvalue weighted by Crippen LogP contribution is -2.24. The Balaban J connectivity index is 1.08. The monoisotopic (exact) mass is 797 g/mol. The predicted molar refractivity (Wildman–Crippen MR) is 260 cm³/mol. The number of nitrogens with zero attached hydrogens (tertiary/aromatic N) is 3. The number of hydrogen-bond donors (Lipinski definition) is 0. The summed E-state index contributed by atoms with van der Waals surface area (Å²) in [6.07, 6.45) is 16.2. The summed E-state index contributed by atoms with van der Waals surface area (Å²) >= 11 is 0. The van der Waals surface area contributed by atoms with E-state index in [1.54, 1.807) is 6.08 Å². The maximum absolute atomic E-state index is 5.79. The largest absolute Gasteiger partial charge is 0.280 e. The number of fused-ring (bicyclic) bond motifs is 1. The third-order valence-electron chi connectivity index (χ3n) is 12.7. The highest BCUT2D eigenvalue weighted by atomic mass is 14.9. The van der Waals surface area contributed by atoms with Gasteiger partial charge in [0.05, 0.1) is 28.8 Å². The molecule has 298 valence electrons. The van der Waals surface area contributed by atoms with Crippen LogP contribution in [0.3, 0.4) is 0 Å². The molecule has 3 nitrogen and oxygen atoms in total. The molecule has 1 aliphatic heterocycles. The van der Waals surface area contributed by atoms with Crippen LogP contribution in [0.25, 0.3) is 61.6 Å². The van der Waals surface area contributed by atoms with Gasteiger partial charge < -0.3 is 0 Å². The average molecular weight is 798 g/mol. The molecule has 3 aliphatic rings. The van der Waals surface area contributed by atoms with Gasteiger partial charge in [-0.1, -0.05) is 196 Å². The van der Waals surface area contributed by atoms with Gasteiger partial charge >= 0.3 is 0 Å². The highest BCUT2D eigenvalue weighted by Crippen LogP contribution is 2.61. The van der Waals surface area contributed by atoms with Gasteiger partial charge in [-0.15, -0.1) is 0 Å². The minimum absolute atomic E-state index is 0.0797. The fourth-order valence-electron chi connectivity index (χ4n) is 9.25. The van der Waals surface area contributed by atoms with Gasteiger partial charge in [0.2, 0.25) is 0 Å². The SMILES string of the molecule is C=C/C=C(\C=C)c1cc(C2=CC3(C4=NC(c5cccc(-c6cc(-c7ccccc7)nc(-c7ccccc7)c6)c5)C(C)C(c5ccccc5)=C4)CC3C=C2)cc(-c2ccccc2)n1. The third-order valence-corrected chi connectivity index (χ3v) is 12.7. The Bertz CT molecular complexity index is 2910. The molecule has 2 aromatic heterocycles. The van der Waals surface area contributed by atoms with Gasteiger partial charge in [0, 0.05) is 33.7 Å². The average Bonchev–Trinajstić information content (AvgIpc) is 4.09. The van der Waals surface area contributed by atoms with Gasteiger partial charge in [-0.05, 0) is 93.3 Å². The van der Waals surface area contributed by atoms with Crippen molar-refractivity contribution in [3.63, 3.8) is 0 Å². The van der Waals surface area contributed by atoms with E-state index in [4.69, 9.17) is 15.0 Å². The fraction of sp³-hybridized carbons (Fsp3) is 0.102. The van der Waals surface area contributed by atoms with Crippen LogP contribution >= 0.6 is 0 Å². The Labute approximate surface area is 365 Å². The lowest BCUT2D eigenvalue weighted by Gasteiger charge is -2.32. The molecule has 0 saturated heterocycles. The Kier molecular flexibility index (Phi) is 10.3. The second-order valence-corrected chi connectivity index (χ2v) is 16.6. The normalized spacial score (nSPS) is 20.3. The highest BCUT2D eigenvalue weighted by Gasteiger charge is 2.56. The maximum Gasteiger partial charge on any atom is 0.0818 e. The van der Waals surface area contributed by atoms with Crippen LogP contribution in [0, 0.1) is 17.3 Å². The van der Waals surface area contributed by atoms with Gasteiger partial charge in [-0.3, -0.25) is 4.99 Å². The molecule has 0 radical (unpaired) electrons. The van der Waals surface area contributed by atoms with Crippen molar-refractivity contribution in [3.8, 4) is 44.9 Å². The molecule has 5 aromatic carbocycles. The Morgan fingerprint density at radius 2 is 1.16 bits per heavy atom. The summed E-state index contributed by atoms with van der Waals surface area (Å²) in [6, 6.07) is 60.0. The molecular weight excluding hydrogens is 751 g/mol. The van der Waals surface area contributed by atoms with E-state index in [9.17, 15) is 0 Å². The van der Waals surface area contributed by atoms with E-state index in [-0.39, 0.29) is 17.4 Å². The van der Waals surface area contributed by atoms with E-state index >= 15 is 0 Å². The van der Waals surface area contributed by atoms with Crippen molar-refractivity contribution >= 4 is 22.4 Å². The molecule has 7 aromatic rings. The number of aliphatic imine (C=N–C) groups is 1. The van der Waals surface area contributed by atoms with Crippen LogP contribution in [0.5, 0.6) is 0 Å². The Hall–Kier alpha value is -7.49. The number of pyridine rings is 2. The number of hydrogen-bond acceptors (Lipinski definition) is 3. The first-order valence-electron chi connectivity index (χ1n) is 21.5. The molecule has 0 bridgehead atoms. The molecule has 4 unspecified atom stereocenters. The molecule has 0 N–H and O–H groups in total. The van der Waals surface area contributed by atoms with Crippen LogP contribution in [0.2, 0.25) is 0 Å². The topological polar surface area (TPSA) is 38.1 Å². The smallest absolute Gasteiger partial charge is 0.0818 e. The van der Waals surface area contributed by atoms with Gasteiger partial charge in [-0.2, -0.15) is 0 Å². The van der Waals surface area contributed by atoms with Gasteiger partial charge in [0.1, 0.15) is 0 Å². The van der Waals surface area contributed by atoms with Crippen molar-refractivity contribution < 1.29 is 0 Å². The molecule has 0 spiro atoms. The lowest BCUT2D eigenvalue weighted by molar-refractivity contribution is 0.572. The number of rotatable bonds is 11. The standard InChI is InChI=1S/C59H47N3/c1-4-19-41(5-2)53-35-50(36-56(60-53)45-26-16-9-17-27-45)48-30-31-51-39-59(51,38-48)57-37-52(42-20-10-6-11-21-42)40(3)58(62-57)47-29-18-28-46(32-47)49-33-54(43-22-12-7-13-23-43)61-55(34-49)44-24-14-8-15-25-44/h4-38,40,51,58H,1-2,39H2,3H3/b41-19+. The predicted octanol–water partition coefficient (Wildman–Crippen LogP) is 14.8. The zero-order chi connectivity index (χ0) is 42.0. The second-order valence-electron chi connectivity index (χ2n) is 16.6. The summed E-state index contributed by atoms with van der Waals surface area (Å²) in [5.74, 6) is 0.525. The van der Waals surface area contributed by atoms with E-state index in [0.717, 1.165) is 73.9 Å². The zero-order valence-corrected chi connectivity index (χ0v) is 34.9. The third kappa shape index (κ3) is 7.48. The number of aromatic nitrogens is 2. The first-order chi connectivity index (χ1) is 30.5. The molecule has 3 heterocycles. The van der Waals surface area contributed by atoms with Crippen LogP contribution in [0.1, 0.15) is 41.8 Å². The van der Waals surface area contributed by atoms with E-state index in [1.165, 1.54) is 22.3 Å². The molecule has 0 amide bonds. The van der Waals surface area contributed by atoms with Gasteiger partial charge in [0.15, 0.2) is 0 Å². The van der Waals surface area contributed by atoms with E-state index in [0.29, 0.717) is 5.92 Å². The van der Waals surface area contributed by atoms with Gasteiger partial charge in [-0.25, -0.2) is 9.97 Å². The molecular formula is C59H47N3. The molecule has 4 atom stereocenters. The van der Waals surface area contributed by atoms with Crippen molar-refractivity contribution in [2.75, 3.05) is 0 Å². The van der Waals surface area contributed by atoms with Crippen LogP contribution in [0.15, 0.2) is 231 Å². The summed E-state index contributed by atoms with van der Waals surface area (Å²) in [5, 5.41) is 0. The van der Waals surface area contributed by atoms with Crippen molar-refractivity contribution in [1.29, 1.82) is 0 Å². The summed E-state index contributed by atoms with van der Waals surface area (Å²) in [6.45, 7) is 10.4. The zero-order valence-electron chi connectivity index (χ0n) is 34.9. The van der Waals surface area contributed by atoms with Crippen LogP contribution in [0.4, 0.5) is 0 Å². The molecule has 62 heavy (non-hydrogen) atoms.